The number of alkyl carbamates (subject to hydrolysis) is 1. The van der Waals surface area contributed by atoms with Crippen LogP contribution in [0.5, 0.6) is 0 Å². The summed E-state index contributed by atoms with van der Waals surface area (Å²) in [6.07, 6.45) is 6.45. The zero-order chi connectivity index (χ0) is 15.5. The summed E-state index contributed by atoms with van der Waals surface area (Å²) in [5.74, 6) is 0. The molecule has 1 N–H and O–H groups in total. The summed E-state index contributed by atoms with van der Waals surface area (Å²) in [6.45, 7) is 6.04. The predicted octanol–water partition coefficient (Wildman–Crippen LogP) is 3.40. The van der Waals surface area contributed by atoms with E-state index in [0.717, 1.165) is 35.9 Å². The van der Waals surface area contributed by atoms with Gasteiger partial charge < -0.3 is 10.1 Å². The molecular weight excluding hydrogens is 266 g/mol. The summed E-state index contributed by atoms with van der Waals surface area (Å²) >= 11 is 0. The van der Waals surface area contributed by atoms with Crippen molar-refractivity contribution in [2.24, 2.45) is 0 Å². The summed E-state index contributed by atoms with van der Waals surface area (Å²) in [5, 5.41) is 7.29. The second-order valence-electron chi connectivity index (χ2n) is 5.13. The number of hydrogen-bond donors (Lipinski definition) is 1. The molecule has 2 heterocycles. The average molecular weight is 289 g/mol. The van der Waals surface area contributed by atoms with Crippen LogP contribution in [0.25, 0.3) is 5.52 Å². The third kappa shape index (κ3) is 2.73. The van der Waals surface area contributed by atoms with Crippen molar-refractivity contribution in [3.8, 4) is 0 Å². The maximum atomic E-state index is 11.5. The summed E-state index contributed by atoms with van der Waals surface area (Å²) in [7, 11) is 1.39. The van der Waals surface area contributed by atoms with Gasteiger partial charge in [0.15, 0.2) is 0 Å². The first-order valence-corrected chi connectivity index (χ1v) is 7.45. The minimum Gasteiger partial charge on any atom is -0.453 e. The predicted molar refractivity (Wildman–Crippen MR) is 82.3 cm³/mol. The number of amides is 1. The second-order valence-corrected chi connectivity index (χ2v) is 5.13. The van der Waals surface area contributed by atoms with Crippen molar-refractivity contribution in [1.82, 2.24) is 14.9 Å². The maximum Gasteiger partial charge on any atom is 0.407 e. The van der Waals surface area contributed by atoms with Crippen molar-refractivity contribution in [2.75, 3.05) is 7.11 Å². The van der Waals surface area contributed by atoms with E-state index in [9.17, 15) is 4.79 Å². The van der Waals surface area contributed by atoms with Crippen LogP contribution in [0.15, 0.2) is 24.5 Å². The van der Waals surface area contributed by atoms with Crippen LogP contribution >= 0.6 is 0 Å². The lowest BCUT2D eigenvalue weighted by Gasteiger charge is -2.42. The molecule has 1 fully saturated rings. The lowest BCUT2D eigenvalue weighted by Crippen LogP contribution is -2.50. The van der Waals surface area contributed by atoms with Crippen LogP contribution in [0.2, 0.25) is 0 Å². The molecule has 0 atom stereocenters. The Labute approximate surface area is 125 Å². The molecule has 2 aromatic rings. The lowest BCUT2D eigenvalue weighted by atomic mass is 9.72. The summed E-state index contributed by atoms with van der Waals surface area (Å²) in [6, 6.07) is 4.12. The summed E-state index contributed by atoms with van der Waals surface area (Å²) in [4.78, 5) is 11.5. The number of carbonyl (C=O) groups is 1. The number of fused-ring (bicyclic) bond motifs is 1. The Morgan fingerprint density at radius 1 is 1.38 bits per heavy atom. The van der Waals surface area contributed by atoms with Crippen molar-refractivity contribution in [1.29, 1.82) is 0 Å². The van der Waals surface area contributed by atoms with Gasteiger partial charge in [-0.15, -0.1) is 0 Å². The third-order valence-corrected chi connectivity index (χ3v) is 4.00. The van der Waals surface area contributed by atoms with Crippen LogP contribution in [0, 0.1) is 6.92 Å². The molecule has 21 heavy (non-hydrogen) atoms. The molecule has 0 saturated heterocycles. The van der Waals surface area contributed by atoms with Crippen LogP contribution < -0.4 is 5.32 Å². The molecule has 5 heteroatoms. The largest absolute Gasteiger partial charge is 0.453 e. The van der Waals surface area contributed by atoms with Crippen LogP contribution in [0.4, 0.5) is 4.79 Å². The number of hydrogen-bond acceptors (Lipinski definition) is 3. The minimum atomic E-state index is -0.378. The van der Waals surface area contributed by atoms with E-state index in [2.05, 4.69) is 22.5 Å². The zero-order valence-electron chi connectivity index (χ0n) is 13.1. The number of ether oxygens (including phenoxy) is 1. The van der Waals surface area contributed by atoms with Gasteiger partial charge in [0.1, 0.15) is 0 Å². The van der Waals surface area contributed by atoms with E-state index in [1.807, 2.05) is 37.7 Å². The molecule has 1 saturated carbocycles. The number of pyridine rings is 1. The first kappa shape index (κ1) is 15.4. The van der Waals surface area contributed by atoms with Crippen molar-refractivity contribution < 1.29 is 9.53 Å². The monoisotopic (exact) mass is 289 g/mol. The van der Waals surface area contributed by atoms with E-state index in [-0.39, 0.29) is 11.6 Å². The average Bonchev–Trinajstić information content (AvgIpc) is 2.85. The van der Waals surface area contributed by atoms with Crippen molar-refractivity contribution in [2.45, 2.75) is 45.6 Å². The molecule has 0 aromatic carbocycles. The van der Waals surface area contributed by atoms with E-state index in [1.165, 1.54) is 7.11 Å². The fourth-order valence-electron chi connectivity index (χ4n) is 2.66. The first-order valence-electron chi connectivity index (χ1n) is 7.45. The molecule has 114 valence electrons. The smallest absolute Gasteiger partial charge is 0.407 e. The fraction of sp³-hybridized carbons (Fsp3) is 0.500. The number of rotatable bonds is 2. The Bertz CT molecular complexity index is 629. The SMILES string of the molecule is CC.COC(=O)NC1(c2ccc3c(C)cnn3c2)CCC1. The molecule has 3 rings (SSSR count). The molecule has 0 bridgehead atoms. The third-order valence-electron chi connectivity index (χ3n) is 4.00. The van der Waals surface area contributed by atoms with Gasteiger partial charge >= 0.3 is 6.09 Å². The summed E-state index contributed by atoms with van der Waals surface area (Å²) in [5.41, 5.74) is 3.03. The highest BCUT2D eigenvalue weighted by molar-refractivity contribution is 5.69. The van der Waals surface area contributed by atoms with E-state index >= 15 is 0 Å². The number of methoxy groups -OCH3 is 1. The normalized spacial score (nSPS) is 15.6. The van der Waals surface area contributed by atoms with Gasteiger partial charge in [-0.25, -0.2) is 9.31 Å². The maximum absolute atomic E-state index is 11.5. The first-order chi connectivity index (χ1) is 10.1. The van der Waals surface area contributed by atoms with Crippen molar-refractivity contribution in [3.05, 3.63) is 35.7 Å². The molecule has 0 aliphatic heterocycles. The van der Waals surface area contributed by atoms with Crippen molar-refractivity contribution in [3.63, 3.8) is 0 Å². The topological polar surface area (TPSA) is 55.6 Å². The highest BCUT2D eigenvalue weighted by atomic mass is 16.5. The number of nitrogens with zero attached hydrogens (tertiary/aromatic N) is 2. The number of carbonyl (C=O) groups excluding carboxylic acids is 1. The van der Waals surface area contributed by atoms with Gasteiger partial charge in [-0.05, 0) is 43.4 Å². The van der Waals surface area contributed by atoms with E-state index in [0.29, 0.717) is 0 Å². The Hall–Kier alpha value is -2.04. The van der Waals surface area contributed by atoms with Gasteiger partial charge in [-0.3, -0.25) is 0 Å². The van der Waals surface area contributed by atoms with Gasteiger partial charge in [0.05, 0.1) is 24.4 Å². The molecule has 1 aliphatic rings. The minimum absolute atomic E-state index is 0.291. The fourth-order valence-corrected chi connectivity index (χ4v) is 2.66. The zero-order valence-corrected chi connectivity index (χ0v) is 13.1. The van der Waals surface area contributed by atoms with Crippen LogP contribution in [-0.4, -0.2) is 22.8 Å². The molecule has 1 aliphatic carbocycles. The Kier molecular flexibility index (Phi) is 4.50. The van der Waals surface area contributed by atoms with E-state index < -0.39 is 0 Å². The van der Waals surface area contributed by atoms with E-state index in [1.54, 1.807) is 0 Å². The Morgan fingerprint density at radius 3 is 2.67 bits per heavy atom. The highest BCUT2D eigenvalue weighted by Crippen LogP contribution is 2.41. The Balaban J connectivity index is 0.000000774. The summed E-state index contributed by atoms with van der Waals surface area (Å²) < 4.78 is 6.59. The molecule has 0 unspecified atom stereocenters. The molecule has 5 nitrogen and oxygen atoms in total. The van der Waals surface area contributed by atoms with E-state index in [4.69, 9.17) is 4.74 Å². The van der Waals surface area contributed by atoms with Gasteiger partial charge in [0, 0.05) is 6.20 Å². The molecule has 2 aromatic heterocycles. The van der Waals surface area contributed by atoms with Crippen LogP contribution in [0.3, 0.4) is 0 Å². The second kappa shape index (κ2) is 6.16. The molecular formula is C16H23N3O2. The van der Waals surface area contributed by atoms with Crippen LogP contribution in [0.1, 0.15) is 44.2 Å². The van der Waals surface area contributed by atoms with Gasteiger partial charge in [0.25, 0.3) is 0 Å². The van der Waals surface area contributed by atoms with Crippen LogP contribution in [-0.2, 0) is 10.3 Å². The Morgan fingerprint density at radius 2 is 2.10 bits per heavy atom. The number of aromatic nitrogens is 2. The lowest BCUT2D eigenvalue weighted by molar-refractivity contribution is 0.128. The van der Waals surface area contributed by atoms with Gasteiger partial charge in [-0.1, -0.05) is 19.9 Å². The quantitative estimate of drug-likeness (QED) is 0.921. The van der Waals surface area contributed by atoms with Gasteiger partial charge in [-0.2, -0.15) is 5.10 Å². The number of aryl methyl sites for hydroxylation is 1. The van der Waals surface area contributed by atoms with Crippen molar-refractivity contribution >= 4 is 11.6 Å². The standard InChI is InChI=1S/C14H17N3O2.C2H6/c1-10-8-15-17-9-11(4-5-12(10)17)14(6-3-7-14)16-13(18)19-2;1-2/h4-5,8-9H,3,6-7H2,1-2H3,(H,16,18);1-2H3. The number of nitrogens with one attached hydrogen (secondary N) is 1. The molecule has 0 spiro atoms. The molecule has 1 amide bonds. The highest BCUT2D eigenvalue weighted by Gasteiger charge is 2.40. The van der Waals surface area contributed by atoms with Gasteiger partial charge in [0.2, 0.25) is 0 Å². The molecule has 0 radical (unpaired) electrons.